The van der Waals surface area contributed by atoms with Gasteiger partial charge in [-0.05, 0) is 55.9 Å². The molecule has 2 aliphatic carbocycles. The van der Waals surface area contributed by atoms with E-state index in [0.29, 0.717) is 18.1 Å². The SMILES string of the molecule is CN(C(=O)OCc1ccccc1)C1CCC2(C[CH]C2)CC1. The molecule has 1 spiro atoms. The van der Waals surface area contributed by atoms with E-state index in [2.05, 4.69) is 6.42 Å². The van der Waals surface area contributed by atoms with Crippen LogP contribution in [0.3, 0.4) is 0 Å². The first-order valence-electron chi connectivity index (χ1n) is 7.94. The highest BCUT2D eigenvalue weighted by atomic mass is 16.6. The number of carbonyl (C=O) groups is 1. The van der Waals surface area contributed by atoms with Crippen LogP contribution < -0.4 is 0 Å². The zero-order chi connectivity index (χ0) is 14.7. The Labute approximate surface area is 127 Å². The molecule has 1 radical (unpaired) electrons. The van der Waals surface area contributed by atoms with Gasteiger partial charge in [0, 0.05) is 13.1 Å². The van der Waals surface area contributed by atoms with Crippen molar-refractivity contribution in [2.45, 2.75) is 51.2 Å². The van der Waals surface area contributed by atoms with E-state index in [1.807, 2.05) is 37.4 Å². The van der Waals surface area contributed by atoms with Crippen molar-refractivity contribution in [3.63, 3.8) is 0 Å². The number of hydrogen-bond acceptors (Lipinski definition) is 2. The Bertz CT molecular complexity index is 471. The van der Waals surface area contributed by atoms with Crippen LogP contribution in [0.25, 0.3) is 0 Å². The van der Waals surface area contributed by atoms with Crippen LogP contribution in [-0.4, -0.2) is 24.1 Å². The molecule has 0 N–H and O–H groups in total. The lowest BCUT2D eigenvalue weighted by Crippen LogP contribution is -2.44. The van der Waals surface area contributed by atoms with Crippen LogP contribution in [0.4, 0.5) is 4.79 Å². The van der Waals surface area contributed by atoms with Crippen LogP contribution in [0, 0.1) is 11.8 Å². The molecule has 3 heteroatoms. The van der Waals surface area contributed by atoms with Gasteiger partial charge in [-0.2, -0.15) is 0 Å². The molecule has 2 fully saturated rings. The lowest BCUT2D eigenvalue weighted by Gasteiger charge is -2.48. The van der Waals surface area contributed by atoms with Crippen molar-refractivity contribution >= 4 is 6.09 Å². The van der Waals surface area contributed by atoms with E-state index in [-0.39, 0.29) is 6.09 Å². The largest absolute Gasteiger partial charge is 0.445 e. The van der Waals surface area contributed by atoms with Crippen molar-refractivity contribution in [3.05, 3.63) is 42.3 Å². The van der Waals surface area contributed by atoms with Gasteiger partial charge in [-0.1, -0.05) is 30.3 Å². The maximum absolute atomic E-state index is 12.2. The Hall–Kier alpha value is -1.51. The van der Waals surface area contributed by atoms with Crippen LogP contribution in [-0.2, 0) is 11.3 Å². The standard InChI is InChI=1S/C18H24NO2/c1-19(16-8-12-18(13-9-16)10-5-11-18)17(20)21-14-15-6-3-2-4-7-15/h2-7,16H,8-14H2,1H3. The summed E-state index contributed by atoms with van der Waals surface area (Å²) in [5.74, 6) is 0. The fourth-order valence-electron chi connectivity index (χ4n) is 3.53. The highest BCUT2D eigenvalue weighted by molar-refractivity contribution is 5.67. The van der Waals surface area contributed by atoms with Gasteiger partial charge in [-0.3, -0.25) is 0 Å². The van der Waals surface area contributed by atoms with Crippen LogP contribution in [0.2, 0.25) is 0 Å². The summed E-state index contributed by atoms with van der Waals surface area (Å²) in [6.07, 6.45) is 9.49. The van der Waals surface area contributed by atoms with E-state index >= 15 is 0 Å². The molecule has 0 atom stereocenters. The molecule has 2 saturated carbocycles. The van der Waals surface area contributed by atoms with Crippen LogP contribution in [0.15, 0.2) is 30.3 Å². The molecule has 0 bridgehead atoms. The number of benzene rings is 1. The normalized spacial score (nSPS) is 20.8. The smallest absolute Gasteiger partial charge is 0.410 e. The maximum Gasteiger partial charge on any atom is 0.410 e. The third-order valence-corrected chi connectivity index (χ3v) is 5.21. The minimum absolute atomic E-state index is 0.194. The van der Waals surface area contributed by atoms with Crippen molar-refractivity contribution in [2.24, 2.45) is 5.41 Å². The Kier molecular flexibility index (Phi) is 4.18. The second-order valence-corrected chi connectivity index (χ2v) is 6.58. The second kappa shape index (κ2) is 6.08. The Morgan fingerprint density at radius 2 is 1.90 bits per heavy atom. The topological polar surface area (TPSA) is 29.5 Å². The molecule has 1 aromatic carbocycles. The van der Waals surface area contributed by atoms with Gasteiger partial charge in [0.05, 0.1) is 0 Å². The van der Waals surface area contributed by atoms with E-state index in [0.717, 1.165) is 18.4 Å². The van der Waals surface area contributed by atoms with Gasteiger partial charge in [0.15, 0.2) is 0 Å². The van der Waals surface area contributed by atoms with Crippen LogP contribution in [0.5, 0.6) is 0 Å². The Balaban J connectivity index is 1.46. The summed E-state index contributed by atoms with van der Waals surface area (Å²) in [7, 11) is 1.88. The Morgan fingerprint density at radius 1 is 1.24 bits per heavy atom. The number of hydrogen-bond donors (Lipinski definition) is 0. The summed E-state index contributed by atoms with van der Waals surface area (Å²) in [4.78, 5) is 14.0. The molecule has 2 aliphatic rings. The maximum atomic E-state index is 12.2. The number of rotatable bonds is 3. The van der Waals surface area contributed by atoms with Gasteiger partial charge in [0.25, 0.3) is 0 Å². The summed E-state index contributed by atoms with van der Waals surface area (Å²) in [5.41, 5.74) is 1.62. The molecule has 1 aromatic rings. The zero-order valence-corrected chi connectivity index (χ0v) is 12.8. The summed E-state index contributed by atoms with van der Waals surface area (Å²) < 4.78 is 5.42. The number of nitrogens with zero attached hydrogens (tertiary/aromatic N) is 1. The predicted octanol–water partition coefficient (Wildman–Crippen LogP) is 4.18. The summed E-state index contributed by atoms with van der Waals surface area (Å²) >= 11 is 0. The summed E-state index contributed by atoms with van der Waals surface area (Å²) in [6.45, 7) is 0.357. The van der Waals surface area contributed by atoms with E-state index in [1.165, 1.54) is 25.7 Å². The molecular weight excluding hydrogens is 262 g/mol. The predicted molar refractivity (Wildman–Crippen MR) is 82.6 cm³/mol. The quantitative estimate of drug-likeness (QED) is 0.834. The summed E-state index contributed by atoms with van der Waals surface area (Å²) in [5, 5.41) is 0. The monoisotopic (exact) mass is 286 g/mol. The van der Waals surface area contributed by atoms with Gasteiger partial charge >= 0.3 is 6.09 Å². The van der Waals surface area contributed by atoms with E-state index in [1.54, 1.807) is 4.90 Å². The van der Waals surface area contributed by atoms with E-state index < -0.39 is 0 Å². The molecule has 113 valence electrons. The average Bonchev–Trinajstić information content (AvgIpc) is 2.51. The highest BCUT2D eigenvalue weighted by Crippen LogP contribution is 2.51. The minimum atomic E-state index is -0.194. The average molecular weight is 286 g/mol. The van der Waals surface area contributed by atoms with Crippen LogP contribution in [0.1, 0.15) is 44.1 Å². The van der Waals surface area contributed by atoms with Gasteiger partial charge < -0.3 is 9.64 Å². The molecule has 1 amide bonds. The van der Waals surface area contributed by atoms with Crippen molar-refractivity contribution in [3.8, 4) is 0 Å². The van der Waals surface area contributed by atoms with Gasteiger partial charge in [0.2, 0.25) is 0 Å². The fraction of sp³-hybridized carbons (Fsp3) is 0.556. The molecule has 0 unspecified atom stereocenters. The molecular formula is C18H24NO2. The van der Waals surface area contributed by atoms with Crippen molar-refractivity contribution < 1.29 is 9.53 Å². The summed E-state index contributed by atoms with van der Waals surface area (Å²) in [6, 6.07) is 10.2. The second-order valence-electron chi connectivity index (χ2n) is 6.58. The van der Waals surface area contributed by atoms with Crippen molar-refractivity contribution in [1.29, 1.82) is 0 Å². The van der Waals surface area contributed by atoms with Crippen molar-refractivity contribution in [1.82, 2.24) is 4.90 Å². The van der Waals surface area contributed by atoms with Gasteiger partial charge in [-0.15, -0.1) is 0 Å². The third-order valence-electron chi connectivity index (χ3n) is 5.21. The number of carbonyl (C=O) groups excluding carboxylic acids is 1. The number of amides is 1. The van der Waals surface area contributed by atoms with E-state index in [9.17, 15) is 4.79 Å². The first-order chi connectivity index (χ1) is 10.2. The lowest BCUT2D eigenvalue weighted by atomic mass is 9.60. The van der Waals surface area contributed by atoms with Crippen LogP contribution >= 0.6 is 0 Å². The number of ether oxygens (including phenoxy) is 1. The zero-order valence-electron chi connectivity index (χ0n) is 12.8. The fourth-order valence-corrected chi connectivity index (χ4v) is 3.53. The lowest BCUT2D eigenvalue weighted by molar-refractivity contribution is 0.0501. The third kappa shape index (κ3) is 3.22. The first kappa shape index (κ1) is 14.4. The molecule has 0 aromatic heterocycles. The molecule has 3 nitrogen and oxygen atoms in total. The molecule has 0 saturated heterocycles. The molecule has 3 rings (SSSR count). The van der Waals surface area contributed by atoms with Gasteiger partial charge in [0.1, 0.15) is 6.61 Å². The molecule has 21 heavy (non-hydrogen) atoms. The van der Waals surface area contributed by atoms with Gasteiger partial charge in [-0.25, -0.2) is 4.79 Å². The molecule has 0 heterocycles. The first-order valence-corrected chi connectivity index (χ1v) is 7.94. The molecule has 0 aliphatic heterocycles. The Morgan fingerprint density at radius 3 is 2.48 bits per heavy atom. The highest BCUT2D eigenvalue weighted by Gasteiger charge is 2.41. The van der Waals surface area contributed by atoms with Crippen molar-refractivity contribution in [2.75, 3.05) is 7.05 Å². The van der Waals surface area contributed by atoms with E-state index in [4.69, 9.17) is 4.74 Å². The minimum Gasteiger partial charge on any atom is -0.445 e.